The van der Waals surface area contributed by atoms with Crippen LogP contribution >= 0.6 is 0 Å². The normalized spacial score (nSPS) is 31.3. The molecule has 0 aromatic carbocycles. The molecule has 1 aromatic rings. The number of aliphatic hydroxyl groups excluding tert-OH is 1. The molecule has 0 spiro atoms. The van der Waals surface area contributed by atoms with Crippen LogP contribution in [0.1, 0.15) is 43.7 Å². The number of rotatable bonds is 5. The van der Waals surface area contributed by atoms with E-state index >= 15 is 0 Å². The van der Waals surface area contributed by atoms with Gasteiger partial charge in [0.25, 0.3) is 0 Å². The van der Waals surface area contributed by atoms with Crippen LogP contribution in [0.5, 0.6) is 0 Å². The molecule has 4 rings (SSSR count). The molecule has 4 atom stereocenters. The van der Waals surface area contributed by atoms with Crippen molar-refractivity contribution in [3.8, 4) is 0 Å². The molecule has 26 heavy (non-hydrogen) atoms. The Morgan fingerprint density at radius 3 is 2.65 bits per heavy atom. The van der Waals surface area contributed by atoms with Gasteiger partial charge in [-0.25, -0.2) is 0 Å². The van der Waals surface area contributed by atoms with E-state index in [0.29, 0.717) is 12.8 Å². The molecule has 2 aliphatic carbocycles. The van der Waals surface area contributed by atoms with Gasteiger partial charge < -0.3 is 15.3 Å². The van der Waals surface area contributed by atoms with Gasteiger partial charge in [0.1, 0.15) is 0 Å². The standard InChI is InChI=1S/C20H25N3O3/c24-12-13-1-2-15(11-13)22-20(26)17-5-6-18(25)23(16-3-4-16)19(17)14-7-9-21-10-8-14/h1-2,7-10,13,15-17,19,24H,3-6,11-12H2,(H,22,26)/t13-,15+,17-,19+/m0/s1. The minimum atomic E-state index is -0.253. The average molecular weight is 355 g/mol. The van der Waals surface area contributed by atoms with Gasteiger partial charge in [0.15, 0.2) is 0 Å². The molecular weight excluding hydrogens is 330 g/mol. The number of carbonyl (C=O) groups excluding carboxylic acids is 2. The Balaban J connectivity index is 1.55. The van der Waals surface area contributed by atoms with Crippen LogP contribution in [0.25, 0.3) is 0 Å². The van der Waals surface area contributed by atoms with Crippen LogP contribution in [-0.2, 0) is 9.59 Å². The van der Waals surface area contributed by atoms with E-state index in [2.05, 4.69) is 10.3 Å². The molecule has 2 amide bonds. The van der Waals surface area contributed by atoms with Gasteiger partial charge >= 0.3 is 0 Å². The molecule has 1 aliphatic heterocycles. The first-order valence-electron chi connectivity index (χ1n) is 9.48. The Kier molecular flexibility index (Phi) is 4.76. The van der Waals surface area contributed by atoms with E-state index < -0.39 is 0 Å². The Bertz CT molecular complexity index is 702. The zero-order valence-electron chi connectivity index (χ0n) is 14.8. The number of hydrogen-bond donors (Lipinski definition) is 2. The van der Waals surface area contributed by atoms with E-state index in [9.17, 15) is 14.7 Å². The second-order valence-corrected chi connectivity index (χ2v) is 7.58. The molecule has 0 unspecified atom stereocenters. The Hall–Kier alpha value is -2.21. The fourth-order valence-electron chi connectivity index (χ4n) is 4.23. The highest BCUT2D eigenvalue weighted by molar-refractivity contribution is 5.85. The summed E-state index contributed by atoms with van der Waals surface area (Å²) in [6.45, 7) is 0.107. The highest BCUT2D eigenvalue weighted by Crippen LogP contribution is 2.43. The van der Waals surface area contributed by atoms with E-state index in [1.807, 2.05) is 29.2 Å². The summed E-state index contributed by atoms with van der Waals surface area (Å²) in [7, 11) is 0. The molecule has 3 aliphatic rings. The van der Waals surface area contributed by atoms with Gasteiger partial charge in [0.05, 0.1) is 12.0 Å². The first kappa shape index (κ1) is 17.2. The monoisotopic (exact) mass is 355 g/mol. The van der Waals surface area contributed by atoms with Crippen LogP contribution in [0.3, 0.4) is 0 Å². The van der Waals surface area contributed by atoms with E-state index in [0.717, 1.165) is 24.8 Å². The van der Waals surface area contributed by atoms with Crippen LogP contribution in [0.2, 0.25) is 0 Å². The highest BCUT2D eigenvalue weighted by Gasteiger charge is 2.46. The van der Waals surface area contributed by atoms with Gasteiger partial charge in [0.2, 0.25) is 11.8 Å². The van der Waals surface area contributed by atoms with E-state index in [1.165, 1.54) is 0 Å². The topological polar surface area (TPSA) is 82.5 Å². The fraction of sp³-hybridized carbons (Fsp3) is 0.550. The third kappa shape index (κ3) is 3.38. The number of amides is 2. The molecule has 6 heteroatoms. The van der Waals surface area contributed by atoms with E-state index in [1.54, 1.807) is 12.4 Å². The molecule has 2 heterocycles. The Morgan fingerprint density at radius 1 is 1.23 bits per heavy atom. The molecule has 2 fully saturated rings. The van der Waals surface area contributed by atoms with Gasteiger partial charge in [-0.1, -0.05) is 12.2 Å². The van der Waals surface area contributed by atoms with Crippen molar-refractivity contribution < 1.29 is 14.7 Å². The largest absolute Gasteiger partial charge is 0.396 e. The maximum Gasteiger partial charge on any atom is 0.226 e. The molecule has 2 N–H and O–H groups in total. The minimum absolute atomic E-state index is 0.00166. The third-order valence-electron chi connectivity index (χ3n) is 5.70. The van der Waals surface area contributed by atoms with Gasteiger partial charge in [-0.2, -0.15) is 0 Å². The van der Waals surface area contributed by atoms with Gasteiger partial charge in [0, 0.05) is 43.4 Å². The number of pyridine rings is 1. The van der Waals surface area contributed by atoms with Crippen molar-refractivity contribution in [3.05, 3.63) is 42.2 Å². The molecule has 1 aromatic heterocycles. The summed E-state index contributed by atoms with van der Waals surface area (Å²) >= 11 is 0. The maximum atomic E-state index is 13.1. The van der Waals surface area contributed by atoms with Crippen molar-refractivity contribution in [1.29, 1.82) is 0 Å². The summed E-state index contributed by atoms with van der Waals surface area (Å²) in [5, 5.41) is 12.4. The number of nitrogens with one attached hydrogen (secondary N) is 1. The third-order valence-corrected chi connectivity index (χ3v) is 5.70. The van der Waals surface area contributed by atoms with Crippen LogP contribution < -0.4 is 5.32 Å². The molecular formula is C20H25N3O3. The average Bonchev–Trinajstić information content (AvgIpc) is 3.40. The lowest BCUT2D eigenvalue weighted by Gasteiger charge is -2.41. The van der Waals surface area contributed by atoms with Crippen molar-refractivity contribution in [1.82, 2.24) is 15.2 Å². The zero-order valence-corrected chi connectivity index (χ0v) is 14.8. The molecule has 0 radical (unpaired) electrons. The lowest BCUT2D eigenvalue weighted by molar-refractivity contribution is -0.144. The minimum Gasteiger partial charge on any atom is -0.396 e. The van der Waals surface area contributed by atoms with Crippen LogP contribution in [0.4, 0.5) is 0 Å². The smallest absolute Gasteiger partial charge is 0.226 e. The molecule has 1 saturated heterocycles. The second-order valence-electron chi connectivity index (χ2n) is 7.58. The van der Waals surface area contributed by atoms with E-state index in [-0.39, 0.29) is 48.4 Å². The lowest BCUT2D eigenvalue weighted by atomic mass is 9.83. The quantitative estimate of drug-likeness (QED) is 0.786. The van der Waals surface area contributed by atoms with Crippen molar-refractivity contribution in [2.24, 2.45) is 11.8 Å². The highest BCUT2D eigenvalue weighted by atomic mass is 16.3. The van der Waals surface area contributed by atoms with Crippen LogP contribution in [0, 0.1) is 11.8 Å². The second kappa shape index (κ2) is 7.19. The first-order valence-corrected chi connectivity index (χ1v) is 9.48. The van der Waals surface area contributed by atoms with Crippen LogP contribution in [0.15, 0.2) is 36.7 Å². The van der Waals surface area contributed by atoms with Crippen molar-refractivity contribution in [2.45, 2.75) is 50.2 Å². The molecule has 6 nitrogen and oxygen atoms in total. The summed E-state index contributed by atoms with van der Waals surface area (Å²) in [6, 6.07) is 3.84. The van der Waals surface area contributed by atoms with Crippen molar-refractivity contribution >= 4 is 11.8 Å². The predicted octanol–water partition coefficient (Wildman–Crippen LogP) is 1.58. The summed E-state index contributed by atoms with van der Waals surface area (Å²) in [5.41, 5.74) is 0.982. The maximum absolute atomic E-state index is 13.1. The Morgan fingerprint density at radius 2 is 2.00 bits per heavy atom. The van der Waals surface area contributed by atoms with Crippen molar-refractivity contribution in [3.63, 3.8) is 0 Å². The predicted molar refractivity (Wildman–Crippen MR) is 95.8 cm³/mol. The number of piperidine rings is 1. The summed E-state index contributed by atoms with van der Waals surface area (Å²) in [4.78, 5) is 31.7. The van der Waals surface area contributed by atoms with Gasteiger partial charge in [-0.05, 0) is 43.4 Å². The lowest BCUT2D eigenvalue weighted by Crippen LogP contribution is -2.50. The summed E-state index contributed by atoms with van der Waals surface area (Å²) in [6.07, 6.45) is 11.1. The van der Waals surface area contributed by atoms with Crippen molar-refractivity contribution in [2.75, 3.05) is 6.61 Å². The number of carbonyl (C=O) groups is 2. The summed E-state index contributed by atoms with van der Waals surface area (Å²) in [5.74, 6) is 0.0159. The van der Waals surface area contributed by atoms with Crippen LogP contribution in [-0.4, -0.2) is 45.5 Å². The SMILES string of the molecule is O=C(N[C@@H]1C=C[C@H](CO)C1)[C@H]1CCC(=O)N(C2CC2)[C@@H]1c1ccncc1. The number of aromatic nitrogens is 1. The van der Waals surface area contributed by atoms with Gasteiger partial charge in [-0.15, -0.1) is 0 Å². The number of aliphatic hydroxyl groups is 1. The number of likely N-dealkylation sites (tertiary alicyclic amines) is 1. The molecule has 1 saturated carbocycles. The van der Waals surface area contributed by atoms with E-state index in [4.69, 9.17) is 0 Å². The summed E-state index contributed by atoms with van der Waals surface area (Å²) < 4.78 is 0. The zero-order chi connectivity index (χ0) is 18.1. The molecule has 138 valence electrons. The fourth-order valence-corrected chi connectivity index (χ4v) is 4.23. The van der Waals surface area contributed by atoms with Gasteiger partial charge in [-0.3, -0.25) is 14.6 Å². The first-order chi connectivity index (χ1) is 12.7. The Labute approximate surface area is 153 Å². The molecule has 0 bridgehead atoms. The number of hydrogen-bond acceptors (Lipinski definition) is 4. The number of nitrogens with zero attached hydrogens (tertiary/aromatic N) is 2.